The Labute approximate surface area is 167 Å². The zero-order valence-electron chi connectivity index (χ0n) is 15.9. The average Bonchev–Trinajstić information content (AvgIpc) is 3.15. The molecule has 1 aliphatic heterocycles. The van der Waals surface area contributed by atoms with Crippen LogP contribution in [0, 0.1) is 0 Å². The van der Waals surface area contributed by atoms with E-state index in [4.69, 9.17) is 9.72 Å². The molecule has 0 bridgehead atoms. The van der Waals surface area contributed by atoms with Crippen LogP contribution in [0.25, 0.3) is 10.9 Å². The van der Waals surface area contributed by atoms with E-state index in [1.165, 1.54) is 0 Å². The monoisotopic (exact) mass is 397 g/mol. The molecule has 1 aromatic carbocycles. The smallest absolute Gasteiger partial charge is 0.338 e. The number of esters is 1. The fourth-order valence-corrected chi connectivity index (χ4v) is 4.25. The number of aromatic nitrogens is 3. The lowest BCUT2D eigenvalue weighted by Crippen LogP contribution is -2.26. The first kappa shape index (κ1) is 18.8. The van der Waals surface area contributed by atoms with Crippen LogP contribution in [-0.2, 0) is 30.7 Å². The molecule has 0 atom stereocenters. The van der Waals surface area contributed by atoms with Crippen LogP contribution >= 0.6 is 11.3 Å². The molecular formula is C21H23N3O3S. The fourth-order valence-electron chi connectivity index (χ4n) is 3.52. The summed E-state index contributed by atoms with van der Waals surface area (Å²) in [6.07, 6.45) is 6.01. The SMILES string of the molecule is CCc1nc(COC(=O)c2ccc3c(=O)n4c(nc3c2)CCCCCC4)cs1. The van der Waals surface area contributed by atoms with Crippen molar-refractivity contribution >= 4 is 28.2 Å². The lowest BCUT2D eigenvalue weighted by atomic mass is 10.1. The Kier molecular flexibility index (Phi) is 5.52. The third kappa shape index (κ3) is 3.85. The summed E-state index contributed by atoms with van der Waals surface area (Å²) < 4.78 is 7.19. The van der Waals surface area contributed by atoms with Gasteiger partial charge in [0.1, 0.15) is 12.4 Å². The van der Waals surface area contributed by atoms with E-state index in [0.29, 0.717) is 23.0 Å². The number of ether oxygens (including phenoxy) is 1. The summed E-state index contributed by atoms with van der Waals surface area (Å²) >= 11 is 1.57. The maximum atomic E-state index is 12.9. The maximum absolute atomic E-state index is 12.9. The van der Waals surface area contributed by atoms with E-state index in [0.717, 1.165) is 55.1 Å². The molecule has 146 valence electrons. The molecular weight excluding hydrogens is 374 g/mol. The first-order valence-electron chi connectivity index (χ1n) is 9.79. The third-order valence-corrected chi connectivity index (χ3v) is 6.10. The summed E-state index contributed by atoms with van der Waals surface area (Å²) in [5, 5.41) is 3.48. The minimum absolute atomic E-state index is 0.0172. The summed E-state index contributed by atoms with van der Waals surface area (Å²) in [5.74, 6) is 0.388. The van der Waals surface area contributed by atoms with Crippen molar-refractivity contribution in [3.8, 4) is 0 Å². The van der Waals surface area contributed by atoms with Gasteiger partial charge in [0.15, 0.2) is 0 Å². The molecule has 0 amide bonds. The molecule has 1 aliphatic rings. The van der Waals surface area contributed by atoms with Gasteiger partial charge in [-0.3, -0.25) is 9.36 Å². The number of hydrogen-bond acceptors (Lipinski definition) is 6. The van der Waals surface area contributed by atoms with Gasteiger partial charge in [-0.15, -0.1) is 11.3 Å². The Morgan fingerprint density at radius 1 is 1.21 bits per heavy atom. The van der Waals surface area contributed by atoms with Crippen molar-refractivity contribution in [2.45, 2.75) is 58.6 Å². The molecule has 0 aliphatic carbocycles. The van der Waals surface area contributed by atoms with Gasteiger partial charge in [0.05, 0.1) is 27.2 Å². The van der Waals surface area contributed by atoms with Gasteiger partial charge in [0.2, 0.25) is 0 Å². The third-order valence-electron chi connectivity index (χ3n) is 5.06. The van der Waals surface area contributed by atoms with Crippen LogP contribution < -0.4 is 5.56 Å². The number of thiazole rings is 1. The van der Waals surface area contributed by atoms with Crippen LogP contribution in [0.4, 0.5) is 0 Å². The molecule has 3 aromatic rings. The zero-order chi connectivity index (χ0) is 19.5. The fraction of sp³-hybridized carbons (Fsp3) is 0.429. The van der Waals surface area contributed by atoms with Crippen molar-refractivity contribution < 1.29 is 9.53 Å². The van der Waals surface area contributed by atoms with E-state index in [1.807, 2.05) is 12.3 Å². The molecule has 0 saturated carbocycles. The second kappa shape index (κ2) is 8.22. The molecule has 0 unspecified atom stereocenters. The number of nitrogens with zero attached hydrogens (tertiary/aromatic N) is 3. The van der Waals surface area contributed by atoms with Crippen LogP contribution in [0.2, 0.25) is 0 Å². The predicted octanol–water partition coefficient (Wildman–Crippen LogP) is 3.89. The molecule has 4 rings (SSSR count). The van der Waals surface area contributed by atoms with Gasteiger partial charge >= 0.3 is 5.97 Å². The number of carbonyl (C=O) groups excluding carboxylic acids is 1. The Balaban J connectivity index is 1.58. The standard InChI is InChI=1S/C21H23N3O3S/c1-2-19-22-15(13-28-19)12-27-21(26)14-8-9-16-17(11-14)23-18-7-5-3-4-6-10-24(18)20(16)25/h8-9,11,13H,2-7,10,12H2,1H3. The average molecular weight is 398 g/mol. The van der Waals surface area contributed by atoms with Crippen LogP contribution in [0.5, 0.6) is 0 Å². The van der Waals surface area contributed by atoms with Gasteiger partial charge in [0, 0.05) is 18.3 Å². The number of carbonyl (C=O) groups is 1. The summed E-state index contributed by atoms with van der Waals surface area (Å²) in [7, 11) is 0. The van der Waals surface area contributed by atoms with Gasteiger partial charge < -0.3 is 4.74 Å². The Hall–Kier alpha value is -2.54. The van der Waals surface area contributed by atoms with Crippen molar-refractivity contribution in [2.24, 2.45) is 0 Å². The van der Waals surface area contributed by atoms with Crippen molar-refractivity contribution in [2.75, 3.05) is 0 Å². The molecule has 7 heteroatoms. The summed E-state index contributed by atoms with van der Waals surface area (Å²) in [6, 6.07) is 4.99. The van der Waals surface area contributed by atoms with E-state index in [9.17, 15) is 9.59 Å². The van der Waals surface area contributed by atoms with E-state index in [-0.39, 0.29) is 12.2 Å². The minimum Gasteiger partial charge on any atom is -0.456 e. The van der Waals surface area contributed by atoms with Crippen molar-refractivity contribution in [1.82, 2.24) is 14.5 Å². The molecule has 0 saturated heterocycles. The van der Waals surface area contributed by atoms with E-state index in [2.05, 4.69) is 4.98 Å². The Morgan fingerprint density at radius 3 is 2.89 bits per heavy atom. The second-order valence-electron chi connectivity index (χ2n) is 7.04. The highest BCUT2D eigenvalue weighted by Gasteiger charge is 2.16. The van der Waals surface area contributed by atoms with Crippen LogP contribution in [0.3, 0.4) is 0 Å². The Morgan fingerprint density at radius 2 is 2.07 bits per heavy atom. The number of fused-ring (bicyclic) bond motifs is 2. The highest BCUT2D eigenvalue weighted by atomic mass is 32.1. The van der Waals surface area contributed by atoms with Crippen LogP contribution in [0.1, 0.15) is 59.5 Å². The molecule has 0 N–H and O–H groups in total. The van der Waals surface area contributed by atoms with Gasteiger partial charge in [-0.25, -0.2) is 14.8 Å². The molecule has 28 heavy (non-hydrogen) atoms. The zero-order valence-corrected chi connectivity index (χ0v) is 16.8. The van der Waals surface area contributed by atoms with Crippen molar-refractivity contribution in [3.63, 3.8) is 0 Å². The first-order chi connectivity index (χ1) is 13.7. The molecule has 6 nitrogen and oxygen atoms in total. The highest BCUT2D eigenvalue weighted by Crippen LogP contribution is 2.17. The lowest BCUT2D eigenvalue weighted by Gasteiger charge is -2.16. The number of benzene rings is 1. The van der Waals surface area contributed by atoms with Crippen LogP contribution in [0.15, 0.2) is 28.4 Å². The van der Waals surface area contributed by atoms with Gasteiger partial charge in [-0.05, 0) is 37.5 Å². The normalized spacial score (nSPS) is 14.3. The predicted molar refractivity (Wildman–Crippen MR) is 109 cm³/mol. The molecule has 0 radical (unpaired) electrons. The topological polar surface area (TPSA) is 74.1 Å². The number of rotatable bonds is 4. The first-order valence-corrected chi connectivity index (χ1v) is 10.7. The number of aryl methyl sites for hydroxylation is 2. The molecule has 0 spiro atoms. The number of hydrogen-bond donors (Lipinski definition) is 0. The summed E-state index contributed by atoms with van der Waals surface area (Å²) in [4.78, 5) is 34.4. The summed E-state index contributed by atoms with van der Waals surface area (Å²) in [5.41, 5.74) is 1.71. The lowest BCUT2D eigenvalue weighted by molar-refractivity contribution is 0.0468. The highest BCUT2D eigenvalue weighted by molar-refractivity contribution is 7.09. The van der Waals surface area contributed by atoms with Gasteiger partial charge in [-0.2, -0.15) is 0 Å². The quantitative estimate of drug-likeness (QED) is 0.625. The second-order valence-corrected chi connectivity index (χ2v) is 7.99. The van der Waals surface area contributed by atoms with Crippen molar-refractivity contribution in [1.29, 1.82) is 0 Å². The largest absolute Gasteiger partial charge is 0.456 e. The summed E-state index contributed by atoms with van der Waals surface area (Å²) in [6.45, 7) is 2.91. The molecule has 3 heterocycles. The minimum atomic E-state index is -0.429. The van der Waals surface area contributed by atoms with Crippen molar-refractivity contribution in [3.05, 3.63) is 56.0 Å². The maximum Gasteiger partial charge on any atom is 0.338 e. The van der Waals surface area contributed by atoms with Crippen LogP contribution in [-0.4, -0.2) is 20.5 Å². The Bertz CT molecular complexity index is 1070. The molecule has 2 aromatic heterocycles. The van der Waals surface area contributed by atoms with Gasteiger partial charge in [-0.1, -0.05) is 19.8 Å². The van der Waals surface area contributed by atoms with Gasteiger partial charge in [0.25, 0.3) is 5.56 Å². The van der Waals surface area contributed by atoms with E-state index < -0.39 is 5.97 Å². The van der Waals surface area contributed by atoms with E-state index >= 15 is 0 Å². The van der Waals surface area contributed by atoms with E-state index in [1.54, 1.807) is 34.1 Å². The molecule has 0 fully saturated rings.